The third-order valence-electron chi connectivity index (χ3n) is 5.04. The molecule has 0 radical (unpaired) electrons. The second-order valence-corrected chi connectivity index (χ2v) is 6.61. The first-order valence-electron chi connectivity index (χ1n) is 8.74. The molecular formula is C20H23N3O3. The smallest absolute Gasteiger partial charge is 0.261 e. The fourth-order valence-corrected chi connectivity index (χ4v) is 3.27. The summed E-state index contributed by atoms with van der Waals surface area (Å²) in [5, 5.41) is 2.86. The maximum Gasteiger partial charge on any atom is 0.261 e. The molecule has 3 rings (SSSR count). The van der Waals surface area contributed by atoms with E-state index in [2.05, 4.69) is 29.8 Å². The van der Waals surface area contributed by atoms with Gasteiger partial charge in [-0.05, 0) is 44.0 Å². The van der Waals surface area contributed by atoms with Crippen molar-refractivity contribution in [2.24, 2.45) is 7.05 Å². The summed E-state index contributed by atoms with van der Waals surface area (Å²) in [6.45, 7) is 4.75. The normalized spacial score (nSPS) is 13.3. The van der Waals surface area contributed by atoms with Gasteiger partial charge in [0.1, 0.15) is 0 Å². The summed E-state index contributed by atoms with van der Waals surface area (Å²) in [6, 6.07) is 8.86. The summed E-state index contributed by atoms with van der Waals surface area (Å²) in [6.07, 6.45) is 0.866. The molecule has 0 saturated heterocycles. The zero-order chi connectivity index (χ0) is 18.8. The lowest BCUT2D eigenvalue weighted by atomic mass is 10.1. The van der Waals surface area contributed by atoms with Gasteiger partial charge in [-0.25, -0.2) is 0 Å². The Labute approximate surface area is 152 Å². The minimum atomic E-state index is -0.325. The Hall–Kier alpha value is -2.89. The molecule has 26 heavy (non-hydrogen) atoms. The van der Waals surface area contributed by atoms with Crippen molar-refractivity contribution in [1.82, 2.24) is 14.8 Å². The van der Waals surface area contributed by atoms with Crippen molar-refractivity contribution >= 4 is 17.7 Å². The molecule has 3 amide bonds. The van der Waals surface area contributed by atoms with Crippen LogP contribution >= 0.6 is 0 Å². The lowest BCUT2D eigenvalue weighted by Crippen LogP contribution is -2.35. The van der Waals surface area contributed by atoms with Crippen LogP contribution in [-0.4, -0.2) is 40.3 Å². The third-order valence-corrected chi connectivity index (χ3v) is 5.04. The first kappa shape index (κ1) is 17.9. The van der Waals surface area contributed by atoms with Gasteiger partial charge >= 0.3 is 0 Å². The van der Waals surface area contributed by atoms with Crippen LogP contribution in [0.25, 0.3) is 0 Å². The maximum atomic E-state index is 12.3. The fraction of sp³-hybridized carbons (Fsp3) is 0.350. The van der Waals surface area contributed by atoms with Gasteiger partial charge in [-0.1, -0.05) is 12.1 Å². The van der Waals surface area contributed by atoms with Gasteiger partial charge in [0.05, 0.1) is 11.1 Å². The number of nitrogens with one attached hydrogen (secondary N) is 1. The Morgan fingerprint density at radius 1 is 1.08 bits per heavy atom. The van der Waals surface area contributed by atoms with Crippen molar-refractivity contribution in [2.75, 3.05) is 13.1 Å². The topological polar surface area (TPSA) is 71.4 Å². The highest BCUT2D eigenvalue weighted by atomic mass is 16.2. The van der Waals surface area contributed by atoms with Gasteiger partial charge in [-0.15, -0.1) is 0 Å². The van der Waals surface area contributed by atoms with E-state index in [1.807, 2.05) is 7.05 Å². The second kappa shape index (κ2) is 7.15. The number of benzene rings is 1. The van der Waals surface area contributed by atoms with Gasteiger partial charge in [0.15, 0.2) is 0 Å². The van der Waals surface area contributed by atoms with E-state index in [0.717, 1.165) is 11.3 Å². The molecule has 0 spiro atoms. The van der Waals surface area contributed by atoms with Crippen LogP contribution in [0.15, 0.2) is 30.3 Å². The Kier molecular flexibility index (Phi) is 4.93. The zero-order valence-electron chi connectivity index (χ0n) is 15.3. The Balaban J connectivity index is 1.48. The predicted octanol–water partition coefficient (Wildman–Crippen LogP) is 1.99. The van der Waals surface area contributed by atoms with Crippen LogP contribution < -0.4 is 5.32 Å². The summed E-state index contributed by atoms with van der Waals surface area (Å²) in [4.78, 5) is 37.7. The number of hydrogen-bond acceptors (Lipinski definition) is 3. The highest BCUT2D eigenvalue weighted by molar-refractivity contribution is 6.21. The second-order valence-electron chi connectivity index (χ2n) is 6.61. The summed E-state index contributed by atoms with van der Waals surface area (Å²) in [7, 11) is 2.02. The summed E-state index contributed by atoms with van der Waals surface area (Å²) in [5.74, 6) is -0.811. The largest absolute Gasteiger partial charge is 0.356 e. The lowest BCUT2D eigenvalue weighted by molar-refractivity contribution is -0.121. The lowest BCUT2D eigenvalue weighted by Gasteiger charge is -2.13. The number of imide groups is 1. The van der Waals surface area contributed by atoms with Gasteiger partial charge in [0.2, 0.25) is 5.91 Å². The number of aryl methyl sites for hydroxylation is 1. The van der Waals surface area contributed by atoms with Crippen LogP contribution in [0, 0.1) is 13.8 Å². The van der Waals surface area contributed by atoms with Gasteiger partial charge < -0.3 is 9.88 Å². The van der Waals surface area contributed by atoms with Crippen LogP contribution in [0.5, 0.6) is 0 Å². The first-order valence-corrected chi connectivity index (χ1v) is 8.74. The van der Waals surface area contributed by atoms with Crippen molar-refractivity contribution in [3.63, 3.8) is 0 Å². The van der Waals surface area contributed by atoms with Crippen molar-refractivity contribution in [3.8, 4) is 0 Å². The van der Waals surface area contributed by atoms with Crippen molar-refractivity contribution in [3.05, 3.63) is 58.4 Å². The molecular weight excluding hydrogens is 330 g/mol. The van der Waals surface area contributed by atoms with Crippen molar-refractivity contribution in [2.45, 2.75) is 26.7 Å². The summed E-state index contributed by atoms with van der Waals surface area (Å²) < 4.78 is 2.12. The Morgan fingerprint density at radius 2 is 1.69 bits per heavy atom. The van der Waals surface area contributed by atoms with E-state index < -0.39 is 0 Å². The number of aromatic nitrogens is 1. The van der Waals surface area contributed by atoms with Crippen molar-refractivity contribution < 1.29 is 14.4 Å². The number of rotatable bonds is 6. The molecule has 1 aliphatic rings. The Bertz CT molecular complexity index is 847. The van der Waals surface area contributed by atoms with Gasteiger partial charge in [0, 0.05) is 37.9 Å². The minimum Gasteiger partial charge on any atom is -0.356 e. The number of carbonyl (C=O) groups excluding carboxylic acids is 3. The standard InChI is InChI=1S/C20H23N3O3/c1-13-12-15(14(2)22(13)3)8-10-21-18(24)9-11-23-19(25)16-6-4-5-7-17(16)20(23)26/h4-7,12H,8-11H2,1-3H3,(H,21,24). The SMILES string of the molecule is Cc1cc(CCNC(=O)CCN2C(=O)c3ccccc3C2=O)c(C)n1C. The van der Waals surface area contributed by atoms with E-state index in [-0.39, 0.29) is 30.7 Å². The molecule has 6 heteroatoms. The van der Waals surface area contributed by atoms with E-state index in [9.17, 15) is 14.4 Å². The number of nitrogens with zero attached hydrogens (tertiary/aromatic N) is 2. The molecule has 136 valence electrons. The van der Waals surface area contributed by atoms with E-state index in [1.54, 1.807) is 24.3 Å². The van der Waals surface area contributed by atoms with Gasteiger partial charge in [-0.3, -0.25) is 19.3 Å². The van der Waals surface area contributed by atoms with Crippen LogP contribution in [0.4, 0.5) is 0 Å². The van der Waals surface area contributed by atoms with Gasteiger partial charge in [0.25, 0.3) is 11.8 Å². The molecule has 1 aliphatic heterocycles. The molecule has 0 bridgehead atoms. The monoisotopic (exact) mass is 353 g/mol. The van der Waals surface area contributed by atoms with Crippen LogP contribution in [0.3, 0.4) is 0 Å². The van der Waals surface area contributed by atoms with Gasteiger partial charge in [-0.2, -0.15) is 0 Å². The number of fused-ring (bicyclic) bond motifs is 1. The van der Waals surface area contributed by atoms with E-state index in [0.29, 0.717) is 17.7 Å². The van der Waals surface area contributed by atoms with Crippen LogP contribution in [0.1, 0.15) is 44.1 Å². The summed E-state index contributed by atoms with van der Waals surface area (Å²) in [5.41, 5.74) is 4.42. The fourth-order valence-electron chi connectivity index (χ4n) is 3.27. The zero-order valence-corrected chi connectivity index (χ0v) is 15.3. The summed E-state index contributed by atoms with van der Waals surface area (Å²) >= 11 is 0. The van der Waals surface area contributed by atoms with Crippen molar-refractivity contribution in [1.29, 1.82) is 0 Å². The van der Waals surface area contributed by atoms with E-state index >= 15 is 0 Å². The van der Waals surface area contributed by atoms with Crippen LogP contribution in [0.2, 0.25) is 0 Å². The number of amides is 3. The average Bonchev–Trinajstić information content (AvgIpc) is 3.02. The average molecular weight is 353 g/mol. The first-order chi connectivity index (χ1) is 12.4. The van der Waals surface area contributed by atoms with Crippen LogP contribution in [-0.2, 0) is 18.3 Å². The van der Waals surface area contributed by atoms with E-state index in [4.69, 9.17) is 0 Å². The number of hydrogen-bond donors (Lipinski definition) is 1. The minimum absolute atomic E-state index is 0.0989. The third kappa shape index (κ3) is 3.27. The molecule has 0 atom stereocenters. The van der Waals surface area contributed by atoms with E-state index in [1.165, 1.54) is 17.0 Å². The molecule has 2 heterocycles. The number of carbonyl (C=O) groups is 3. The molecule has 0 fully saturated rings. The molecule has 1 aromatic carbocycles. The molecule has 1 N–H and O–H groups in total. The highest BCUT2D eigenvalue weighted by Crippen LogP contribution is 2.22. The molecule has 2 aromatic rings. The molecule has 0 unspecified atom stereocenters. The molecule has 0 saturated carbocycles. The molecule has 0 aliphatic carbocycles. The molecule has 6 nitrogen and oxygen atoms in total. The predicted molar refractivity (Wildman–Crippen MR) is 98.0 cm³/mol. The Morgan fingerprint density at radius 3 is 2.23 bits per heavy atom. The quantitative estimate of drug-likeness (QED) is 0.808. The molecule has 1 aromatic heterocycles. The maximum absolute atomic E-state index is 12.3. The highest BCUT2D eigenvalue weighted by Gasteiger charge is 2.34.